The van der Waals surface area contributed by atoms with Crippen molar-refractivity contribution in [3.8, 4) is 11.8 Å². The van der Waals surface area contributed by atoms with Crippen LogP contribution in [-0.4, -0.2) is 26.6 Å². The number of carboxylic acid groups (broad SMARTS) is 1. The first-order chi connectivity index (χ1) is 11.3. The fourth-order valence-electron chi connectivity index (χ4n) is 2.10. The minimum Gasteiger partial charge on any atom is -0.497 e. The number of aryl methyl sites for hydroxylation is 1. The molecule has 0 aliphatic carbocycles. The van der Waals surface area contributed by atoms with Crippen molar-refractivity contribution in [1.82, 2.24) is 0 Å². The van der Waals surface area contributed by atoms with Gasteiger partial charge in [0.1, 0.15) is 5.75 Å². The Morgan fingerprint density at radius 3 is 2.38 bits per heavy atom. The van der Waals surface area contributed by atoms with Crippen molar-refractivity contribution in [1.29, 1.82) is 5.26 Å². The molecule has 2 aromatic carbocycles. The van der Waals surface area contributed by atoms with Gasteiger partial charge >= 0.3 is 5.97 Å². The lowest BCUT2D eigenvalue weighted by Gasteiger charge is -2.14. The second-order valence-corrected chi connectivity index (χ2v) is 6.60. The smallest absolute Gasteiger partial charge is 0.337 e. The number of ether oxygens (including phenoxy) is 1. The average Bonchev–Trinajstić information content (AvgIpc) is 2.56. The Kier molecular flexibility index (Phi) is 4.76. The number of sulfonamides is 1. The summed E-state index contributed by atoms with van der Waals surface area (Å²) >= 11 is 0. The zero-order chi connectivity index (χ0) is 17.9. The van der Waals surface area contributed by atoms with E-state index in [-0.39, 0.29) is 21.7 Å². The Morgan fingerprint density at radius 1 is 1.25 bits per heavy atom. The van der Waals surface area contributed by atoms with Gasteiger partial charge in [-0.2, -0.15) is 5.26 Å². The molecule has 0 aliphatic heterocycles. The van der Waals surface area contributed by atoms with Gasteiger partial charge in [-0.1, -0.05) is 0 Å². The molecule has 2 rings (SSSR count). The van der Waals surface area contributed by atoms with Crippen LogP contribution in [0.5, 0.6) is 5.75 Å². The highest BCUT2D eigenvalue weighted by Crippen LogP contribution is 2.26. The van der Waals surface area contributed by atoms with Gasteiger partial charge in [-0.3, -0.25) is 4.72 Å². The topological polar surface area (TPSA) is 116 Å². The molecule has 0 atom stereocenters. The van der Waals surface area contributed by atoms with Gasteiger partial charge in [0.25, 0.3) is 10.0 Å². The van der Waals surface area contributed by atoms with Gasteiger partial charge in [0.2, 0.25) is 0 Å². The minimum absolute atomic E-state index is 0.0385. The summed E-state index contributed by atoms with van der Waals surface area (Å²) in [5, 5.41) is 18.2. The number of nitrogens with zero attached hydrogens (tertiary/aromatic N) is 1. The van der Waals surface area contributed by atoms with E-state index in [0.717, 1.165) is 6.07 Å². The van der Waals surface area contributed by atoms with E-state index in [9.17, 15) is 18.3 Å². The molecule has 0 bridgehead atoms. The molecule has 124 valence electrons. The van der Waals surface area contributed by atoms with Gasteiger partial charge in [0.05, 0.1) is 34.9 Å². The number of aromatic carboxylic acids is 1. The highest BCUT2D eigenvalue weighted by Gasteiger charge is 2.21. The summed E-state index contributed by atoms with van der Waals surface area (Å²) < 4.78 is 32.2. The molecule has 0 aliphatic rings. The lowest BCUT2D eigenvalue weighted by molar-refractivity contribution is 0.0698. The molecule has 0 unspecified atom stereocenters. The Hall–Kier alpha value is -3.05. The van der Waals surface area contributed by atoms with Crippen molar-refractivity contribution in [2.75, 3.05) is 11.8 Å². The third-order valence-corrected chi connectivity index (χ3v) is 4.67. The van der Waals surface area contributed by atoms with Gasteiger partial charge < -0.3 is 9.84 Å². The first-order valence-electron chi connectivity index (χ1n) is 6.73. The summed E-state index contributed by atoms with van der Waals surface area (Å²) in [6.45, 7) is 1.53. The molecular weight excluding hydrogens is 332 g/mol. The van der Waals surface area contributed by atoms with Crippen LogP contribution in [-0.2, 0) is 10.0 Å². The average molecular weight is 346 g/mol. The second kappa shape index (κ2) is 6.60. The number of methoxy groups -OCH3 is 1. The molecule has 7 nitrogen and oxygen atoms in total. The molecule has 0 saturated heterocycles. The molecule has 8 heteroatoms. The summed E-state index contributed by atoms with van der Waals surface area (Å²) in [4.78, 5) is 11.3. The number of carboxylic acids is 1. The largest absolute Gasteiger partial charge is 0.497 e. The lowest BCUT2D eigenvalue weighted by atomic mass is 10.0. The van der Waals surface area contributed by atoms with Crippen LogP contribution >= 0.6 is 0 Å². The van der Waals surface area contributed by atoms with Crippen LogP contribution in [0.15, 0.2) is 41.3 Å². The fourth-order valence-corrected chi connectivity index (χ4v) is 3.26. The van der Waals surface area contributed by atoms with Crippen molar-refractivity contribution in [3.63, 3.8) is 0 Å². The zero-order valence-electron chi connectivity index (χ0n) is 12.9. The first-order valence-corrected chi connectivity index (χ1v) is 8.21. The molecule has 0 radical (unpaired) electrons. The van der Waals surface area contributed by atoms with Crippen LogP contribution in [0.2, 0.25) is 0 Å². The van der Waals surface area contributed by atoms with E-state index in [1.165, 1.54) is 44.4 Å². The number of benzene rings is 2. The van der Waals surface area contributed by atoms with Crippen molar-refractivity contribution in [2.45, 2.75) is 11.8 Å². The monoisotopic (exact) mass is 346 g/mol. The van der Waals surface area contributed by atoms with Crippen LogP contribution in [0, 0.1) is 18.3 Å². The molecule has 0 saturated carbocycles. The van der Waals surface area contributed by atoms with E-state index in [2.05, 4.69) is 4.72 Å². The van der Waals surface area contributed by atoms with E-state index in [1.807, 2.05) is 6.07 Å². The van der Waals surface area contributed by atoms with Gasteiger partial charge in [-0.05, 0) is 48.9 Å². The quantitative estimate of drug-likeness (QED) is 0.858. The molecule has 0 spiro atoms. The SMILES string of the molecule is COc1ccc(S(=O)(=O)Nc2c(C)cc(C#N)cc2C(=O)O)cc1. The summed E-state index contributed by atoms with van der Waals surface area (Å²) in [5.41, 5.74) is 0.113. The number of carbonyl (C=O) groups is 1. The maximum absolute atomic E-state index is 12.5. The van der Waals surface area contributed by atoms with Crippen LogP contribution in [0.1, 0.15) is 21.5 Å². The van der Waals surface area contributed by atoms with Gasteiger partial charge in [-0.25, -0.2) is 13.2 Å². The number of anilines is 1. The highest BCUT2D eigenvalue weighted by atomic mass is 32.2. The minimum atomic E-state index is -3.99. The van der Waals surface area contributed by atoms with Crippen molar-refractivity contribution < 1.29 is 23.1 Å². The third-order valence-electron chi connectivity index (χ3n) is 3.30. The molecule has 0 fully saturated rings. The zero-order valence-corrected chi connectivity index (χ0v) is 13.7. The van der Waals surface area contributed by atoms with E-state index in [1.54, 1.807) is 0 Å². The molecule has 24 heavy (non-hydrogen) atoms. The van der Waals surface area contributed by atoms with Crippen LogP contribution in [0.25, 0.3) is 0 Å². The number of hydrogen-bond donors (Lipinski definition) is 2. The number of hydrogen-bond acceptors (Lipinski definition) is 5. The Balaban J connectivity index is 2.49. The maximum atomic E-state index is 12.5. The first kappa shape index (κ1) is 17.3. The van der Waals surface area contributed by atoms with Gasteiger partial charge in [0.15, 0.2) is 0 Å². The van der Waals surface area contributed by atoms with Crippen LogP contribution in [0.3, 0.4) is 0 Å². The lowest BCUT2D eigenvalue weighted by Crippen LogP contribution is -2.17. The molecule has 0 amide bonds. The Morgan fingerprint density at radius 2 is 1.88 bits per heavy atom. The second-order valence-electron chi connectivity index (χ2n) is 4.91. The highest BCUT2D eigenvalue weighted by molar-refractivity contribution is 7.92. The molecule has 0 heterocycles. The van der Waals surface area contributed by atoms with Gasteiger partial charge in [-0.15, -0.1) is 0 Å². The van der Waals surface area contributed by atoms with Crippen molar-refractivity contribution >= 4 is 21.7 Å². The predicted octanol–water partition coefficient (Wildman–Crippen LogP) is 2.37. The summed E-state index contributed by atoms with van der Waals surface area (Å²) in [6, 6.07) is 10.0. The van der Waals surface area contributed by atoms with E-state index >= 15 is 0 Å². The van der Waals surface area contributed by atoms with E-state index in [4.69, 9.17) is 10.00 Å². The van der Waals surface area contributed by atoms with E-state index < -0.39 is 16.0 Å². The maximum Gasteiger partial charge on any atom is 0.337 e. The van der Waals surface area contributed by atoms with Gasteiger partial charge in [0, 0.05) is 0 Å². The molecule has 2 aromatic rings. The normalized spacial score (nSPS) is 10.7. The van der Waals surface area contributed by atoms with Crippen molar-refractivity contribution in [3.05, 3.63) is 53.1 Å². The molecular formula is C16H14N2O5S. The Labute approximate surface area is 139 Å². The predicted molar refractivity (Wildman–Crippen MR) is 86.7 cm³/mol. The number of rotatable bonds is 5. The number of nitrogens with one attached hydrogen (secondary N) is 1. The standard InChI is InChI=1S/C16H14N2O5S/c1-10-7-11(9-17)8-14(16(19)20)15(10)18-24(21,22)13-5-3-12(23-2)4-6-13/h3-8,18H,1-2H3,(H,19,20). The molecule has 2 N–H and O–H groups in total. The summed E-state index contributed by atoms with van der Waals surface area (Å²) in [5.74, 6) is -0.836. The van der Waals surface area contributed by atoms with Crippen molar-refractivity contribution in [2.24, 2.45) is 0 Å². The van der Waals surface area contributed by atoms with Crippen LogP contribution in [0.4, 0.5) is 5.69 Å². The Bertz CT molecular complexity index is 928. The number of nitriles is 1. The fraction of sp³-hybridized carbons (Fsp3) is 0.125. The summed E-state index contributed by atoms with van der Waals surface area (Å²) in [6.07, 6.45) is 0. The van der Waals surface area contributed by atoms with Crippen LogP contribution < -0.4 is 9.46 Å². The third kappa shape index (κ3) is 3.47. The summed E-state index contributed by atoms with van der Waals surface area (Å²) in [7, 11) is -2.53. The van der Waals surface area contributed by atoms with E-state index in [0.29, 0.717) is 11.3 Å². The molecule has 0 aromatic heterocycles.